The Labute approximate surface area is 104 Å². The molecule has 0 aromatic heterocycles. The number of rotatable bonds is 2. The average molecular weight is 237 g/mol. The first-order valence-corrected chi connectivity index (χ1v) is 6.61. The van der Waals surface area contributed by atoms with Crippen molar-refractivity contribution in [2.45, 2.75) is 38.7 Å². The van der Waals surface area contributed by atoms with E-state index in [2.05, 4.69) is 22.9 Å². The second-order valence-electron chi connectivity index (χ2n) is 5.10. The zero-order valence-electron chi connectivity index (χ0n) is 10.6. The lowest BCUT2D eigenvalue weighted by Gasteiger charge is -2.31. The van der Waals surface area contributed by atoms with Gasteiger partial charge in [0.25, 0.3) is 0 Å². The zero-order chi connectivity index (χ0) is 12.1. The largest absolute Gasteiger partial charge is 0.496 e. The lowest BCUT2D eigenvalue weighted by Crippen LogP contribution is -2.43. The maximum Gasteiger partial charge on any atom is 0.191 e. The highest BCUT2D eigenvalue weighted by Crippen LogP contribution is 2.15. The van der Waals surface area contributed by atoms with E-state index >= 15 is 0 Å². The number of ether oxygens (including phenoxy) is 1. The van der Waals surface area contributed by atoms with Gasteiger partial charge in [-0.2, -0.15) is 0 Å². The van der Waals surface area contributed by atoms with Gasteiger partial charge in [-0.05, 0) is 37.7 Å². The molecule has 2 aliphatic rings. The fourth-order valence-corrected chi connectivity index (χ4v) is 2.41. The Morgan fingerprint density at radius 1 is 1.53 bits per heavy atom. The van der Waals surface area contributed by atoms with E-state index in [0.29, 0.717) is 12.5 Å². The Morgan fingerprint density at radius 3 is 3.12 bits per heavy atom. The van der Waals surface area contributed by atoms with Gasteiger partial charge in [-0.25, -0.2) is 4.99 Å². The monoisotopic (exact) mass is 237 g/mol. The van der Waals surface area contributed by atoms with E-state index in [9.17, 15) is 0 Å². The van der Waals surface area contributed by atoms with Crippen molar-refractivity contribution >= 4 is 5.96 Å². The number of likely N-dealkylation sites (tertiary alicyclic amines) is 1. The van der Waals surface area contributed by atoms with E-state index in [-0.39, 0.29) is 6.10 Å². The lowest BCUT2D eigenvalue weighted by atomic mass is 10.0. The van der Waals surface area contributed by atoms with Gasteiger partial charge in [-0.1, -0.05) is 6.92 Å². The number of piperidine rings is 1. The van der Waals surface area contributed by atoms with Crippen molar-refractivity contribution in [1.29, 1.82) is 0 Å². The summed E-state index contributed by atoms with van der Waals surface area (Å²) in [4.78, 5) is 6.67. The van der Waals surface area contributed by atoms with Gasteiger partial charge in [0.1, 0.15) is 6.10 Å². The molecule has 2 atom stereocenters. The number of nitrogens with zero attached hydrogens (tertiary/aromatic N) is 2. The lowest BCUT2D eigenvalue weighted by molar-refractivity contribution is 0.131. The van der Waals surface area contributed by atoms with Gasteiger partial charge in [-0.15, -0.1) is 0 Å². The Kier molecular flexibility index (Phi) is 4.29. The third kappa shape index (κ3) is 3.65. The third-order valence-electron chi connectivity index (χ3n) is 3.46. The van der Waals surface area contributed by atoms with Gasteiger partial charge in [0.15, 0.2) is 5.96 Å². The molecular formula is C13H23N3O. The molecule has 4 heteroatoms. The fraction of sp³-hybridized carbons (Fsp3) is 0.769. The standard InChI is InChI=1S/C13H23N3O/c1-11-5-4-7-16(10-11)13(14)15-9-12-6-2-3-8-17-12/h3,8,11-12H,2,4-7,9-10H2,1H3,(H2,14,15). The molecule has 2 heterocycles. The van der Waals surface area contributed by atoms with E-state index in [1.807, 2.05) is 0 Å². The van der Waals surface area contributed by atoms with Crippen LogP contribution in [0.3, 0.4) is 0 Å². The van der Waals surface area contributed by atoms with Gasteiger partial charge in [0.2, 0.25) is 0 Å². The molecule has 2 rings (SSSR count). The maximum atomic E-state index is 6.03. The van der Waals surface area contributed by atoms with E-state index in [1.54, 1.807) is 6.26 Å². The van der Waals surface area contributed by atoms with Gasteiger partial charge in [0.05, 0.1) is 12.8 Å². The molecule has 0 aliphatic carbocycles. The summed E-state index contributed by atoms with van der Waals surface area (Å²) in [7, 11) is 0. The Morgan fingerprint density at radius 2 is 2.41 bits per heavy atom. The Balaban J connectivity index is 1.81. The summed E-state index contributed by atoms with van der Waals surface area (Å²) >= 11 is 0. The van der Waals surface area contributed by atoms with E-state index in [0.717, 1.165) is 31.8 Å². The second kappa shape index (κ2) is 5.94. The minimum absolute atomic E-state index is 0.209. The van der Waals surface area contributed by atoms with Gasteiger partial charge in [0, 0.05) is 13.1 Å². The SMILES string of the molecule is CC1CCCN(C(N)=NCC2CCC=CO2)C1. The van der Waals surface area contributed by atoms with Crippen LogP contribution in [0.15, 0.2) is 17.3 Å². The summed E-state index contributed by atoms with van der Waals surface area (Å²) in [6.45, 7) is 5.04. The molecule has 1 fully saturated rings. The summed E-state index contributed by atoms with van der Waals surface area (Å²) < 4.78 is 5.48. The van der Waals surface area contributed by atoms with Gasteiger partial charge < -0.3 is 15.4 Å². The average Bonchev–Trinajstić information content (AvgIpc) is 2.37. The van der Waals surface area contributed by atoms with Crippen LogP contribution < -0.4 is 5.73 Å². The molecule has 0 bridgehead atoms. The highest BCUT2D eigenvalue weighted by atomic mass is 16.5. The van der Waals surface area contributed by atoms with Gasteiger partial charge >= 0.3 is 0 Å². The molecule has 0 radical (unpaired) electrons. The molecule has 0 aromatic rings. The number of aliphatic imine (C=N–C) groups is 1. The van der Waals surface area contributed by atoms with Crippen LogP contribution in [0, 0.1) is 5.92 Å². The second-order valence-corrected chi connectivity index (χ2v) is 5.10. The molecule has 1 saturated heterocycles. The number of hydrogen-bond acceptors (Lipinski definition) is 2. The van der Waals surface area contributed by atoms with Crippen molar-refractivity contribution in [2.24, 2.45) is 16.6 Å². The van der Waals surface area contributed by atoms with E-state index in [4.69, 9.17) is 10.5 Å². The normalized spacial score (nSPS) is 30.2. The minimum Gasteiger partial charge on any atom is -0.496 e. The van der Waals surface area contributed by atoms with E-state index < -0.39 is 0 Å². The van der Waals surface area contributed by atoms with Crippen LogP contribution in [-0.2, 0) is 4.74 Å². The van der Waals surface area contributed by atoms with Crippen LogP contribution in [0.5, 0.6) is 0 Å². The number of allylic oxidation sites excluding steroid dienone is 1. The first kappa shape index (κ1) is 12.3. The maximum absolute atomic E-state index is 6.03. The summed E-state index contributed by atoms with van der Waals surface area (Å²) in [5.41, 5.74) is 6.03. The Bertz CT molecular complexity index is 301. The van der Waals surface area contributed by atoms with Crippen LogP contribution in [0.2, 0.25) is 0 Å². The molecule has 2 aliphatic heterocycles. The molecule has 0 aromatic carbocycles. The molecule has 0 spiro atoms. The van der Waals surface area contributed by atoms with Crippen LogP contribution in [0.4, 0.5) is 0 Å². The molecule has 2 N–H and O–H groups in total. The molecule has 17 heavy (non-hydrogen) atoms. The van der Waals surface area contributed by atoms with Crippen molar-refractivity contribution in [3.05, 3.63) is 12.3 Å². The quantitative estimate of drug-likeness (QED) is 0.588. The van der Waals surface area contributed by atoms with Gasteiger partial charge in [-0.3, -0.25) is 0 Å². The molecule has 0 amide bonds. The van der Waals surface area contributed by atoms with Crippen LogP contribution in [-0.4, -0.2) is 36.6 Å². The predicted octanol–water partition coefficient (Wildman–Crippen LogP) is 1.73. The van der Waals surface area contributed by atoms with Crippen molar-refractivity contribution < 1.29 is 4.74 Å². The summed E-state index contributed by atoms with van der Waals surface area (Å²) in [6, 6.07) is 0. The van der Waals surface area contributed by atoms with Crippen molar-refractivity contribution in [3.63, 3.8) is 0 Å². The minimum atomic E-state index is 0.209. The summed E-state index contributed by atoms with van der Waals surface area (Å²) in [6.07, 6.45) is 8.70. The van der Waals surface area contributed by atoms with Crippen LogP contribution in [0.25, 0.3) is 0 Å². The van der Waals surface area contributed by atoms with Crippen molar-refractivity contribution in [2.75, 3.05) is 19.6 Å². The van der Waals surface area contributed by atoms with Crippen LogP contribution in [0.1, 0.15) is 32.6 Å². The number of nitrogens with two attached hydrogens (primary N) is 1. The van der Waals surface area contributed by atoms with Crippen molar-refractivity contribution in [3.8, 4) is 0 Å². The smallest absolute Gasteiger partial charge is 0.191 e. The molecular weight excluding hydrogens is 214 g/mol. The summed E-state index contributed by atoms with van der Waals surface area (Å²) in [5, 5.41) is 0. The first-order valence-electron chi connectivity index (χ1n) is 6.61. The molecule has 4 nitrogen and oxygen atoms in total. The molecule has 0 saturated carbocycles. The Hall–Kier alpha value is -1.19. The predicted molar refractivity (Wildman–Crippen MR) is 69.7 cm³/mol. The van der Waals surface area contributed by atoms with E-state index in [1.165, 1.54) is 12.8 Å². The fourth-order valence-electron chi connectivity index (χ4n) is 2.41. The highest BCUT2D eigenvalue weighted by Gasteiger charge is 2.18. The number of guanidine groups is 1. The van der Waals surface area contributed by atoms with Crippen LogP contribution >= 0.6 is 0 Å². The summed E-state index contributed by atoms with van der Waals surface area (Å²) in [5.74, 6) is 1.42. The topological polar surface area (TPSA) is 50.8 Å². The number of hydrogen-bond donors (Lipinski definition) is 1. The molecule has 2 unspecified atom stereocenters. The first-order chi connectivity index (χ1) is 8.25. The third-order valence-corrected chi connectivity index (χ3v) is 3.46. The van der Waals surface area contributed by atoms with Crippen molar-refractivity contribution in [1.82, 2.24) is 4.90 Å². The molecule has 96 valence electrons. The highest BCUT2D eigenvalue weighted by molar-refractivity contribution is 5.78. The zero-order valence-corrected chi connectivity index (χ0v) is 10.6.